The lowest BCUT2D eigenvalue weighted by Crippen LogP contribution is -2.23. The van der Waals surface area contributed by atoms with Crippen LogP contribution in [0.5, 0.6) is 0 Å². The van der Waals surface area contributed by atoms with Crippen molar-refractivity contribution in [1.29, 1.82) is 0 Å². The molecule has 1 aliphatic carbocycles. The van der Waals surface area contributed by atoms with Gasteiger partial charge in [-0.15, -0.1) is 0 Å². The molecule has 1 saturated carbocycles. The topological polar surface area (TPSA) is 117 Å². The van der Waals surface area contributed by atoms with Gasteiger partial charge in [-0.05, 0) is 18.9 Å². The molecule has 0 bridgehead atoms. The summed E-state index contributed by atoms with van der Waals surface area (Å²) in [5.74, 6) is -2.96. The number of hydrogen-bond donors (Lipinski definition) is 3. The fraction of sp³-hybridized carbons (Fsp3) is 0.278. The van der Waals surface area contributed by atoms with Crippen molar-refractivity contribution in [2.75, 3.05) is 10.6 Å². The third kappa shape index (κ3) is 2.23. The van der Waals surface area contributed by atoms with E-state index in [1.54, 1.807) is 0 Å². The fourth-order valence-electron chi connectivity index (χ4n) is 3.83. The Morgan fingerprint density at radius 1 is 1.32 bits per heavy atom. The number of nitrogen functional groups attached to an aromatic ring is 1. The minimum atomic E-state index is -1.42. The highest BCUT2D eigenvalue weighted by atomic mass is 19.1. The van der Waals surface area contributed by atoms with Crippen LogP contribution in [-0.4, -0.2) is 25.8 Å². The SMILES string of the molecule is Nc1n[nH]c2c1CN(c1c(F)cc3c(=O)c(C(=O)O)cn(C4CC4)c3c1F)C2. The van der Waals surface area contributed by atoms with Crippen LogP contribution in [0.3, 0.4) is 0 Å². The van der Waals surface area contributed by atoms with E-state index >= 15 is 4.39 Å². The van der Waals surface area contributed by atoms with Crippen molar-refractivity contribution in [3.8, 4) is 0 Å². The number of H-pyrrole nitrogens is 1. The molecule has 2 aliphatic rings. The lowest BCUT2D eigenvalue weighted by Gasteiger charge is -2.22. The van der Waals surface area contributed by atoms with Crippen LogP contribution in [0.1, 0.15) is 40.5 Å². The maximum atomic E-state index is 15.5. The highest BCUT2D eigenvalue weighted by molar-refractivity contribution is 5.94. The van der Waals surface area contributed by atoms with E-state index in [0.29, 0.717) is 11.3 Å². The molecule has 8 nitrogen and oxygen atoms in total. The molecule has 10 heteroatoms. The maximum Gasteiger partial charge on any atom is 0.341 e. The Bertz CT molecular complexity index is 1230. The van der Waals surface area contributed by atoms with Crippen LogP contribution in [0, 0.1) is 11.6 Å². The summed E-state index contributed by atoms with van der Waals surface area (Å²) in [6.45, 7) is 0.373. The number of carboxylic acids is 1. The Morgan fingerprint density at radius 3 is 2.71 bits per heavy atom. The molecule has 28 heavy (non-hydrogen) atoms. The van der Waals surface area contributed by atoms with Crippen LogP contribution in [-0.2, 0) is 13.1 Å². The number of carbonyl (C=O) groups is 1. The molecule has 1 aromatic carbocycles. The molecule has 0 amide bonds. The second-order valence-corrected chi connectivity index (χ2v) is 7.15. The number of aromatic carboxylic acids is 1. The first-order chi connectivity index (χ1) is 13.4. The van der Waals surface area contributed by atoms with Crippen LogP contribution in [0.4, 0.5) is 20.3 Å². The minimum Gasteiger partial charge on any atom is -0.477 e. The zero-order valence-electron chi connectivity index (χ0n) is 14.5. The summed E-state index contributed by atoms with van der Waals surface area (Å²) in [4.78, 5) is 25.4. The standard InChI is InChI=1S/C18H15F2N5O3/c19-11-3-8-14(25(7-1-2-7)5-10(16(8)26)18(27)28)13(20)15(11)24-4-9-12(6-24)22-23-17(9)21/h3,5,7H,1-2,4,6H2,(H,27,28)(H3,21,22,23). The fourth-order valence-corrected chi connectivity index (χ4v) is 3.83. The zero-order chi connectivity index (χ0) is 19.7. The number of hydrogen-bond acceptors (Lipinski definition) is 5. The van der Waals surface area contributed by atoms with E-state index in [2.05, 4.69) is 10.2 Å². The Hall–Kier alpha value is -3.43. The van der Waals surface area contributed by atoms with Gasteiger partial charge in [-0.3, -0.25) is 9.89 Å². The van der Waals surface area contributed by atoms with Crippen molar-refractivity contribution >= 4 is 28.4 Å². The van der Waals surface area contributed by atoms with Crippen molar-refractivity contribution in [2.45, 2.75) is 32.0 Å². The van der Waals surface area contributed by atoms with Gasteiger partial charge in [-0.25, -0.2) is 13.6 Å². The first kappa shape index (κ1) is 16.7. The summed E-state index contributed by atoms with van der Waals surface area (Å²) in [7, 11) is 0. The summed E-state index contributed by atoms with van der Waals surface area (Å²) in [5.41, 5.74) is 5.39. The van der Waals surface area contributed by atoms with Gasteiger partial charge in [0.1, 0.15) is 17.1 Å². The predicted molar refractivity (Wildman–Crippen MR) is 96.2 cm³/mol. The van der Waals surface area contributed by atoms with E-state index in [1.807, 2.05) is 0 Å². The molecule has 2 aromatic heterocycles. The summed E-state index contributed by atoms with van der Waals surface area (Å²) < 4.78 is 31.9. The van der Waals surface area contributed by atoms with Crippen LogP contribution < -0.4 is 16.1 Å². The number of pyridine rings is 1. The number of carboxylic acid groups (broad SMARTS) is 1. The smallest absolute Gasteiger partial charge is 0.341 e. The number of anilines is 2. The van der Waals surface area contributed by atoms with Gasteiger partial charge in [0.05, 0.1) is 23.1 Å². The van der Waals surface area contributed by atoms with E-state index in [-0.39, 0.29) is 41.5 Å². The number of halogens is 2. The van der Waals surface area contributed by atoms with Crippen molar-refractivity contribution in [1.82, 2.24) is 14.8 Å². The van der Waals surface area contributed by atoms with Crippen molar-refractivity contribution in [2.24, 2.45) is 0 Å². The molecular formula is C18H15F2N5O3. The second-order valence-electron chi connectivity index (χ2n) is 7.15. The maximum absolute atomic E-state index is 15.5. The Morgan fingerprint density at radius 2 is 2.07 bits per heavy atom. The van der Waals surface area contributed by atoms with Gasteiger partial charge in [-0.1, -0.05) is 0 Å². The van der Waals surface area contributed by atoms with Gasteiger partial charge in [0.2, 0.25) is 5.43 Å². The first-order valence-electron chi connectivity index (χ1n) is 8.73. The van der Waals surface area contributed by atoms with Gasteiger partial charge in [0.25, 0.3) is 0 Å². The van der Waals surface area contributed by atoms with Crippen molar-refractivity contribution in [3.63, 3.8) is 0 Å². The highest BCUT2D eigenvalue weighted by Crippen LogP contribution is 2.41. The largest absolute Gasteiger partial charge is 0.477 e. The number of nitrogens with one attached hydrogen (secondary N) is 1. The zero-order valence-corrected chi connectivity index (χ0v) is 14.5. The van der Waals surface area contributed by atoms with E-state index < -0.39 is 28.6 Å². The average Bonchev–Trinajstić information content (AvgIpc) is 3.31. The average molecular weight is 387 g/mol. The van der Waals surface area contributed by atoms with Crippen LogP contribution in [0.2, 0.25) is 0 Å². The molecule has 0 spiro atoms. The van der Waals surface area contributed by atoms with Gasteiger partial charge >= 0.3 is 5.97 Å². The highest BCUT2D eigenvalue weighted by Gasteiger charge is 2.33. The van der Waals surface area contributed by atoms with E-state index in [9.17, 15) is 19.1 Å². The molecule has 3 aromatic rings. The lowest BCUT2D eigenvalue weighted by atomic mass is 10.1. The lowest BCUT2D eigenvalue weighted by molar-refractivity contribution is 0.0695. The molecule has 0 saturated heterocycles. The molecule has 0 radical (unpaired) electrons. The molecule has 144 valence electrons. The molecule has 1 fully saturated rings. The van der Waals surface area contributed by atoms with Gasteiger partial charge in [-0.2, -0.15) is 5.10 Å². The molecule has 0 atom stereocenters. The Labute approximate surface area is 156 Å². The molecule has 5 rings (SSSR count). The number of rotatable bonds is 3. The van der Waals surface area contributed by atoms with Gasteiger partial charge in [0.15, 0.2) is 11.6 Å². The number of aromatic amines is 1. The van der Waals surface area contributed by atoms with Crippen molar-refractivity contribution in [3.05, 3.63) is 50.9 Å². The Balaban J connectivity index is 1.75. The normalized spacial score (nSPS) is 16.0. The van der Waals surface area contributed by atoms with E-state index in [0.717, 1.165) is 25.1 Å². The number of nitrogens with two attached hydrogens (primary N) is 1. The van der Waals surface area contributed by atoms with Crippen molar-refractivity contribution < 1.29 is 18.7 Å². The summed E-state index contributed by atoms with van der Waals surface area (Å²) in [6, 6.07) is 0.815. The molecule has 1 aliphatic heterocycles. The van der Waals surface area contributed by atoms with Crippen LogP contribution >= 0.6 is 0 Å². The first-order valence-corrected chi connectivity index (χ1v) is 8.73. The number of fused-ring (bicyclic) bond motifs is 2. The van der Waals surface area contributed by atoms with Crippen LogP contribution in [0.25, 0.3) is 10.9 Å². The monoisotopic (exact) mass is 387 g/mol. The number of aromatic nitrogens is 3. The Kier molecular flexibility index (Phi) is 3.31. The second kappa shape index (κ2) is 5.54. The quantitative estimate of drug-likeness (QED) is 0.634. The van der Waals surface area contributed by atoms with E-state index in [4.69, 9.17) is 5.73 Å². The molecule has 0 unspecified atom stereocenters. The summed E-state index contributed by atoms with van der Waals surface area (Å²) >= 11 is 0. The third-order valence-electron chi connectivity index (χ3n) is 5.35. The molecule has 4 N–H and O–H groups in total. The molecular weight excluding hydrogens is 372 g/mol. The predicted octanol–water partition coefficient (Wildman–Crippen LogP) is 2.14. The van der Waals surface area contributed by atoms with Gasteiger partial charge < -0.3 is 20.3 Å². The van der Waals surface area contributed by atoms with E-state index in [1.165, 1.54) is 9.47 Å². The number of benzene rings is 1. The minimum absolute atomic E-state index is 0.0736. The van der Waals surface area contributed by atoms with Gasteiger partial charge in [0, 0.05) is 24.3 Å². The molecule has 3 heterocycles. The third-order valence-corrected chi connectivity index (χ3v) is 5.35. The summed E-state index contributed by atoms with van der Waals surface area (Å²) in [5, 5.41) is 15.6. The number of nitrogens with zero attached hydrogens (tertiary/aromatic N) is 3. The van der Waals surface area contributed by atoms with Crippen LogP contribution in [0.15, 0.2) is 17.1 Å². The summed E-state index contributed by atoms with van der Waals surface area (Å²) in [6.07, 6.45) is 2.63.